The molecule has 112 valence electrons. The van der Waals surface area contributed by atoms with Crippen molar-refractivity contribution in [2.45, 2.75) is 103 Å². The zero-order valence-electron chi connectivity index (χ0n) is 14.3. The van der Waals surface area contributed by atoms with Crippen molar-refractivity contribution in [3.05, 3.63) is 0 Å². The topological polar surface area (TPSA) is 0 Å². The first-order valence-corrected chi connectivity index (χ1v) is 11.8. The molecule has 19 heavy (non-hydrogen) atoms. The maximum Gasteiger partial charge on any atom is 0.0535 e. The summed E-state index contributed by atoms with van der Waals surface area (Å²) in [5.74, 6) is 0. The predicted octanol–water partition coefficient (Wildman–Crippen LogP) is 6.64. The highest BCUT2D eigenvalue weighted by atomic mass is 28.3. The lowest BCUT2D eigenvalue weighted by Crippen LogP contribution is -2.43. The van der Waals surface area contributed by atoms with Gasteiger partial charge in [0.2, 0.25) is 0 Å². The summed E-state index contributed by atoms with van der Waals surface area (Å²) < 4.78 is 0. The van der Waals surface area contributed by atoms with E-state index in [2.05, 4.69) is 40.8 Å². The van der Waals surface area contributed by atoms with E-state index in [-0.39, 0.29) is 0 Å². The molecule has 2 fully saturated rings. The molecular formula is C18H36Si. The summed E-state index contributed by atoms with van der Waals surface area (Å²) in [7, 11) is -1.03. The van der Waals surface area contributed by atoms with Crippen LogP contribution in [0.3, 0.4) is 0 Å². The molecule has 0 aromatic rings. The standard InChI is InChI=1S/C18H36Si/c1-17(2)11-7-15(8-12-17)19(5,6)16-9-13-18(3,4)14-10-16/h15-16H,7-14H2,1-6H3. The van der Waals surface area contributed by atoms with Gasteiger partial charge in [-0.2, -0.15) is 0 Å². The van der Waals surface area contributed by atoms with Crippen LogP contribution in [0.2, 0.25) is 24.2 Å². The number of hydrogen-bond acceptors (Lipinski definition) is 0. The summed E-state index contributed by atoms with van der Waals surface area (Å²) in [6.07, 6.45) is 12.0. The van der Waals surface area contributed by atoms with Crippen molar-refractivity contribution in [1.29, 1.82) is 0 Å². The van der Waals surface area contributed by atoms with Gasteiger partial charge in [-0.25, -0.2) is 0 Å². The second-order valence-electron chi connectivity index (χ2n) is 9.70. The largest absolute Gasteiger partial charge is 0.0689 e. The Morgan fingerprint density at radius 2 is 0.895 bits per heavy atom. The molecule has 2 saturated carbocycles. The minimum Gasteiger partial charge on any atom is -0.0689 e. The summed E-state index contributed by atoms with van der Waals surface area (Å²) in [6, 6.07) is 0. The first-order chi connectivity index (χ1) is 8.62. The van der Waals surface area contributed by atoms with Gasteiger partial charge in [-0.3, -0.25) is 0 Å². The first-order valence-electron chi connectivity index (χ1n) is 8.62. The van der Waals surface area contributed by atoms with E-state index in [0.717, 1.165) is 11.1 Å². The van der Waals surface area contributed by atoms with Gasteiger partial charge >= 0.3 is 0 Å². The van der Waals surface area contributed by atoms with Crippen LogP contribution < -0.4 is 0 Å². The van der Waals surface area contributed by atoms with Crippen molar-refractivity contribution < 1.29 is 0 Å². The maximum atomic E-state index is 2.72. The Morgan fingerprint density at radius 3 is 1.16 bits per heavy atom. The van der Waals surface area contributed by atoms with Gasteiger partial charge in [0.15, 0.2) is 0 Å². The van der Waals surface area contributed by atoms with Crippen LogP contribution in [0, 0.1) is 10.8 Å². The zero-order chi connectivity index (χ0) is 14.3. The van der Waals surface area contributed by atoms with Gasteiger partial charge in [0.1, 0.15) is 0 Å². The van der Waals surface area contributed by atoms with Crippen LogP contribution in [0.1, 0.15) is 79.1 Å². The summed E-state index contributed by atoms with van der Waals surface area (Å²) >= 11 is 0. The van der Waals surface area contributed by atoms with Crippen LogP contribution >= 0.6 is 0 Å². The van der Waals surface area contributed by atoms with Crippen molar-refractivity contribution in [2.75, 3.05) is 0 Å². The summed E-state index contributed by atoms with van der Waals surface area (Å²) in [4.78, 5) is 0. The normalized spacial score (nSPS) is 29.4. The van der Waals surface area contributed by atoms with E-state index in [4.69, 9.17) is 0 Å². The Morgan fingerprint density at radius 1 is 0.632 bits per heavy atom. The molecule has 0 aliphatic heterocycles. The highest BCUT2D eigenvalue weighted by molar-refractivity contribution is 6.80. The van der Waals surface area contributed by atoms with E-state index in [1.807, 2.05) is 0 Å². The lowest BCUT2D eigenvalue weighted by Gasteiger charge is -2.48. The van der Waals surface area contributed by atoms with Crippen molar-refractivity contribution in [1.82, 2.24) is 0 Å². The van der Waals surface area contributed by atoms with Gasteiger partial charge in [-0.1, -0.05) is 66.5 Å². The highest BCUT2D eigenvalue weighted by Crippen LogP contribution is 2.53. The van der Waals surface area contributed by atoms with Gasteiger partial charge in [0.05, 0.1) is 8.07 Å². The summed E-state index contributed by atoms with van der Waals surface area (Å²) in [5.41, 5.74) is 3.50. The highest BCUT2D eigenvalue weighted by Gasteiger charge is 2.43. The van der Waals surface area contributed by atoms with Crippen LogP contribution in [0.25, 0.3) is 0 Å². The van der Waals surface area contributed by atoms with Gasteiger partial charge in [-0.05, 0) is 47.6 Å². The molecule has 2 aliphatic carbocycles. The van der Waals surface area contributed by atoms with Gasteiger partial charge in [0, 0.05) is 0 Å². The molecule has 0 nitrogen and oxygen atoms in total. The molecule has 0 spiro atoms. The second kappa shape index (κ2) is 5.20. The van der Waals surface area contributed by atoms with E-state index < -0.39 is 8.07 Å². The summed E-state index contributed by atoms with van der Waals surface area (Å²) in [5, 5.41) is 0. The molecule has 0 atom stereocenters. The van der Waals surface area contributed by atoms with Crippen molar-refractivity contribution in [3.63, 3.8) is 0 Å². The van der Waals surface area contributed by atoms with E-state index in [1.165, 1.54) is 51.4 Å². The molecule has 0 unspecified atom stereocenters. The Labute approximate surface area is 122 Å². The third kappa shape index (κ3) is 3.65. The average molecular weight is 281 g/mol. The molecule has 0 radical (unpaired) electrons. The van der Waals surface area contributed by atoms with E-state index in [9.17, 15) is 0 Å². The van der Waals surface area contributed by atoms with E-state index in [0.29, 0.717) is 10.8 Å². The summed E-state index contributed by atoms with van der Waals surface area (Å²) in [6.45, 7) is 15.3. The third-order valence-electron chi connectivity index (χ3n) is 6.78. The quantitative estimate of drug-likeness (QED) is 0.498. The Hall–Kier alpha value is 0.217. The second-order valence-corrected chi connectivity index (χ2v) is 15.0. The Kier molecular flexibility index (Phi) is 4.27. The van der Waals surface area contributed by atoms with Crippen LogP contribution in [0.5, 0.6) is 0 Å². The molecule has 0 aromatic heterocycles. The minimum absolute atomic E-state index is 0.634. The Bertz CT molecular complexity index is 264. The van der Waals surface area contributed by atoms with Crippen molar-refractivity contribution >= 4 is 8.07 Å². The van der Waals surface area contributed by atoms with Crippen LogP contribution in [-0.4, -0.2) is 8.07 Å². The van der Waals surface area contributed by atoms with E-state index in [1.54, 1.807) is 0 Å². The molecule has 0 saturated heterocycles. The third-order valence-corrected chi connectivity index (χ3v) is 12.1. The van der Waals surface area contributed by atoms with Gasteiger partial charge < -0.3 is 0 Å². The molecule has 1 heteroatoms. The smallest absolute Gasteiger partial charge is 0.0535 e. The molecule has 0 bridgehead atoms. The van der Waals surface area contributed by atoms with Gasteiger partial charge in [-0.15, -0.1) is 0 Å². The van der Waals surface area contributed by atoms with Crippen molar-refractivity contribution in [2.24, 2.45) is 10.8 Å². The average Bonchev–Trinajstić information content (AvgIpc) is 2.27. The lowest BCUT2D eigenvalue weighted by molar-refractivity contribution is 0.228. The van der Waals surface area contributed by atoms with E-state index >= 15 is 0 Å². The minimum atomic E-state index is -1.03. The van der Waals surface area contributed by atoms with Crippen LogP contribution in [-0.2, 0) is 0 Å². The lowest BCUT2D eigenvalue weighted by atomic mass is 9.77. The van der Waals surface area contributed by atoms with Crippen molar-refractivity contribution in [3.8, 4) is 0 Å². The molecular weight excluding hydrogens is 244 g/mol. The maximum absolute atomic E-state index is 2.72. The molecule has 0 N–H and O–H groups in total. The fourth-order valence-electron chi connectivity index (χ4n) is 4.62. The molecule has 2 rings (SSSR count). The van der Waals surface area contributed by atoms with Crippen LogP contribution in [0.15, 0.2) is 0 Å². The Balaban J connectivity index is 1.95. The van der Waals surface area contributed by atoms with Gasteiger partial charge in [0.25, 0.3) is 0 Å². The van der Waals surface area contributed by atoms with Crippen LogP contribution in [0.4, 0.5) is 0 Å². The fraction of sp³-hybridized carbons (Fsp3) is 1.00. The zero-order valence-corrected chi connectivity index (χ0v) is 15.3. The number of rotatable bonds is 2. The number of hydrogen-bond donors (Lipinski definition) is 0. The first kappa shape index (κ1) is 15.6. The fourth-order valence-corrected chi connectivity index (χ4v) is 8.84. The predicted molar refractivity (Wildman–Crippen MR) is 89.5 cm³/mol. The molecule has 0 amide bonds. The SMILES string of the molecule is CC1(C)CCC([Si](C)(C)C2CCC(C)(C)CC2)CC1. The monoisotopic (exact) mass is 280 g/mol. The molecule has 0 aromatic carbocycles. The molecule has 2 aliphatic rings. The molecule has 0 heterocycles.